The number of rotatable bonds is 5. The summed E-state index contributed by atoms with van der Waals surface area (Å²) in [6, 6.07) is 6.09. The fraction of sp³-hybridized carbons (Fsp3) is 0.526. The molecule has 4 atom stereocenters. The van der Waals surface area contributed by atoms with Crippen LogP contribution in [0.3, 0.4) is 0 Å². The second kappa shape index (κ2) is 7.45. The zero-order chi connectivity index (χ0) is 17.9. The van der Waals surface area contributed by atoms with Gasteiger partial charge in [-0.05, 0) is 36.8 Å². The van der Waals surface area contributed by atoms with E-state index in [1.165, 1.54) is 0 Å². The molecule has 1 aliphatic heterocycles. The van der Waals surface area contributed by atoms with Crippen LogP contribution in [0.25, 0.3) is 0 Å². The number of fused-ring (bicyclic) bond motifs is 1. The normalized spacial score (nSPS) is 28.0. The molecule has 1 saturated heterocycles. The molecule has 2 fully saturated rings. The molecule has 0 aromatic carbocycles. The van der Waals surface area contributed by atoms with E-state index in [-0.39, 0.29) is 18.1 Å². The van der Waals surface area contributed by atoms with Crippen molar-refractivity contribution in [1.82, 2.24) is 19.9 Å². The van der Waals surface area contributed by atoms with Gasteiger partial charge in [0.25, 0.3) is 0 Å². The third-order valence-corrected chi connectivity index (χ3v) is 5.67. The number of nitrogens with zero attached hydrogens (tertiary/aromatic N) is 3. The van der Waals surface area contributed by atoms with Gasteiger partial charge in [-0.15, -0.1) is 0 Å². The zero-order valence-corrected chi connectivity index (χ0v) is 15.0. The lowest BCUT2D eigenvalue weighted by atomic mass is 9.77. The highest BCUT2D eigenvalue weighted by molar-refractivity contribution is 5.78. The summed E-state index contributed by atoms with van der Waals surface area (Å²) in [6.07, 6.45) is 7.62. The number of likely N-dealkylation sites (tertiary alicyclic amines) is 1. The molecule has 2 aromatic rings. The first-order chi connectivity index (χ1) is 12.7. The smallest absolute Gasteiger partial charge is 0.228 e. The van der Waals surface area contributed by atoms with E-state index < -0.39 is 0 Å². The summed E-state index contributed by atoms with van der Waals surface area (Å²) < 4.78 is 5.76. The molecular formula is C19H25N5O2. The second-order valence-electron chi connectivity index (χ2n) is 7.28. The van der Waals surface area contributed by atoms with Gasteiger partial charge in [0.15, 0.2) is 0 Å². The molecule has 1 aliphatic carbocycles. The van der Waals surface area contributed by atoms with Gasteiger partial charge >= 0.3 is 0 Å². The fourth-order valence-electron chi connectivity index (χ4n) is 4.32. The molecule has 3 heterocycles. The number of anilines is 1. The van der Waals surface area contributed by atoms with Crippen LogP contribution in [-0.4, -0.2) is 58.1 Å². The van der Waals surface area contributed by atoms with Gasteiger partial charge in [-0.3, -0.25) is 4.79 Å². The number of hydrogen-bond donors (Lipinski definition) is 2. The van der Waals surface area contributed by atoms with Gasteiger partial charge in [0.2, 0.25) is 5.91 Å². The topological polar surface area (TPSA) is 83.1 Å². The Morgan fingerprint density at radius 2 is 2.19 bits per heavy atom. The van der Waals surface area contributed by atoms with Crippen LogP contribution in [0.15, 0.2) is 36.9 Å². The monoisotopic (exact) mass is 355 g/mol. The number of H-pyrrole nitrogens is 1. The maximum Gasteiger partial charge on any atom is 0.228 e. The van der Waals surface area contributed by atoms with Crippen molar-refractivity contribution in [2.75, 3.05) is 25.5 Å². The van der Waals surface area contributed by atoms with E-state index in [9.17, 15) is 4.79 Å². The number of ether oxygens (including phenoxy) is 1. The Morgan fingerprint density at radius 3 is 2.88 bits per heavy atom. The summed E-state index contributed by atoms with van der Waals surface area (Å²) in [5.74, 6) is 2.07. The van der Waals surface area contributed by atoms with Gasteiger partial charge in [0, 0.05) is 38.3 Å². The van der Waals surface area contributed by atoms with E-state index in [2.05, 4.69) is 20.3 Å². The largest absolute Gasteiger partial charge is 0.379 e. The molecule has 7 nitrogen and oxygen atoms in total. The summed E-state index contributed by atoms with van der Waals surface area (Å²) in [7, 11) is 1.77. The third-order valence-electron chi connectivity index (χ3n) is 5.67. The molecular weight excluding hydrogens is 330 g/mol. The first-order valence-corrected chi connectivity index (χ1v) is 9.18. The minimum absolute atomic E-state index is 0.140. The number of amides is 1. The molecule has 0 unspecified atom stereocenters. The lowest BCUT2D eigenvalue weighted by molar-refractivity contribution is -0.129. The number of pyridine rings is 1. The quantitative estimate of drug-likeness (QED) is 0.853. The Hall–Kier alpha value is -2.41. The van der Waals surface area contributed by atoms with Crippen molar-refractivity contribution in [3.8, 4) is 0 Å². The highest BCUT2D eigenvalue weighted by atomic mass is 16.5. The number of hydrogen-bond acceptors (Lipinski definition) is 5. The Bertz CT molecular complexity index is 721. The minimum atomic E-state index is 0.140. The highest BCUT2D eigenvalue weighted by Crippen LogP contribution is 2.38. The molecule has 26 heavy (non-hydrogen) atoms. The van der Waals surface area contributed by atoms with Crippen molar-refractivity contribution >= 4 is 11.7 Å². The summed E-state index contributed by atoms with van der Waals surface area (Å²) in [5.41, 5.74) is 0.870. The van der Waals surface area contributed by atoms with Crippen LogP contribution in [0.2, 0.25) is 0 Å². The van der Waals surface area contributed by atoms with E-state index in [4.69, 9.17) is 4.74 Å². The van der Waals surface area contributed by atoms with E-state index in [0.717, 1.165) is 37.4 Å². The zero-order valence-electron chi connectivity index (χ0n) is 15.0. The number of methoxy groups -OCH3 is 1. The Balaban J connectivity index is 1.40. The summed E-state index contributed by atoms with van der Waals surface area (Å²) in [5, 5.41) is 3.52. The molecule has 0 spiro atoms. The van der Waals surface area contributed by atoms with Crippen LogP contribution in [-0.2, 0) is 16.0 Å². The maximum atomic E-state index is 12.6. The van der Waals surface area contributed by atoms with Crippen molar-refractivity contribution in [3.05, 3.63) is 42.6 Å². The average molecular weight is 355 g/mol. The molecule has 0 radical (unpaired) electrons. The van der Waals surface area contributed by atoms with Gasteiger partial charge in [-0.1, -0.05) is 6.07 Å². The maximum absolute atomic E-state index is 12.6. The predicted molar refractivity (Wildman–Crippen MR) is 97.5 cm³/mol. The van der Waals surface area contributed by atoms with Crippen molar-refractivity contribution in [1.29, 1.82) is 0 Å². The van der Waals surface area contributed by atoms with Crippen LogP contribution in [0.5, 0.6) is 0 Å². The first-order valence-electron chi connectivity index (χ1n) is 9.18. The van der Waals surface area contributed by atoms with Crippen LogP contribution in [0, 0.1) is 11.8 Å². The first kappa shape index (κ1) is 17.0. The number of aromatic amines is 1. The van der Waals surface area contributed by atoms with E-state index in [1.54, 1.807) is 25.8 Å². The number of imidazole rings is 1. The van der Waals surface area contributed by atoms with Gasteiger partial charge < -0.3 is 19.9 Å². The Labute approximate surface area is 153 Å². The molecule has 2 aliphatic rings. The number of aromatic nitrogens is 3. The van der Waals surface area contributed by atoms with E-state index in [1.807, 2.05) is 23.1 Å². The standard InChI is InChI=1S/C19H25N5O2/c1-26-17-7-14-11-24(19(25)8-15-9-20-12-22-15)10-13(14)6-16(17)23-18-4-2-3-5-21-18/h2-5,9,12-14,16-17H,6-8,10-11H2,1H3,(H,20,22)(H,21,23)/t13-,14+,16-,17-/m1/s1. The molecule has 2 aromatic heterocycles. The summed E-state index contributed by atoms with van der Waals surface area (Å²) in [4.78, 5) is 26.0. The Kier molecular flexibility index (Phi) is 4.88. The molecule has 1 saturated carbocycles. The third kappa shape index (κ3) is 3.58. The molecule has 138 valence electrons. The number of carbonyl (C=O) groups is 1. The lowest BCUT2D eigenvalue weighted by Crippen LogP contribution is -2.44. The number of carbonyl (C=O) groups excluding carboxylic acids is 1. The number of nitrogens with one attached hydrogen (secondary N) is 2. The van der Waals surface area contributed by atoms with Gasteiger partial charge in [0.1, 0.15) is 5.82 Å². The van der Waals surface area contributed by atoms with E-state index >= 15 is 0 Å². The Morgan fingerprint density at radius 1 is 1.35 bits per heavy atom. The SMILES string of the molecule is CO[C@@H]1C[C@H]2CN(C(=O)Cc3cnc[nH]3)C[C@H]2C[C@H]1Nc1ccccn1. The van der Waals surface area contributed by atoms with Gasteiger partial charge in [-0.25, -0.2) is 9.97 Å². The molecule has 0 bridgehead atoms. The molecule has 7 heteroatoms. The highest BCUT2D eigenvalue weighted by Gasteiger charge is 2.43. The summed E-state index contributed by atoms with van der Waals surface area (Å²) >= 11 is 0. The predicted octanol–water partition coefficient (Wildman–Crippen LogP) is 1.71. The van der Waals surface area contributed by atoms with Crippen molar-refractivity contribution in [3.63, 3.8) is 0 Å². The van der Waals surface area contributed by atoms with Crippen LogP contribution in [0.1, 0.15) is 18.5 Å². The second-order valence-corrected chi connectivity index (χ2v) is 7.28. The minimum Gasteiger partial charge on any atom is -0.379 e. The van der Waals surface area contributed by atoms with Crippen molar-refractivity contribution in [2.24, 2.45) is 11.8 Å². The van der Waals surface area contributed by atoms with Crippen LogP contribution in [0.4, 0.5) is 5.82 Å². The van der Waals surface area contributed by atoms with Crippen molar-refractivity contribution < 1.29 is 9.53 Å². The molecule has 2 N–H and O–H groups in total. The van der Waals surface area contributed by atoms with Crippen LogP contribution < -0.4 is 5.32 Å². The van der Waals surface area contributed by atoms with Gasteiger partial charge in [0.05, 0.1) is 24.9 Å². The summed E-state index contributed by atoms with van der Waals surface area (Å²) in [6.45, 7) is 1.66. The van der Waals surface area contributed by atoms with Gasteiger partial charge in [-0.2, -0.15) is 0 Å². The van der Waals surface area contributed by atoms with Crippen LogP contribution >= 0.6 is 0 Å². The van der Waals surface area contributed by atoms with E-state index in [0.29, 0.717) is 18.3 Å². The lowest BCUT2D eigenvalue weighted by Gasteiger charge is -2.37. The van der Waals surface area contributed by atoms with Crippen molar-refractivity contribution in [2.45, 2.75) is 31.4 Å². The molecule has 1 amide bonds. The molecule has 4 rings (SSSR count). The fourth-order valence-corrected chi connectivity index (χ4v) is 4.32. The average Bonchev–Trinajstić information content (AvgIpc) is 3.31.